The van der Waals surface area contributed by atoms with Crippen LogP contribution in [-0.4, -0.2) is 27.6 Å². The van der Waals surface area contributed by atoms with Crippen LogP contribution in [0.25, 0.3) is 0 Å². The molecule has 1 atom stereocenters. The van der Waals surface area contributed by atoms with Crippen molar-refractivity contribution in [3.8, 4) is 0 Å². The van der Waals surface area contributed by atoms with Gasteiger partial charge in [-0.05, 0) is 12.1 Å². The van der Waals surface area contributed by atoms with Gasteiger partial charge in [-0.3, -0.25) is 14.4 Å². The first kappa shape index (κ1) is 13.8. The third-order valence-electron chi connectivity index (χ3n) is 4.22. The molecule has 0 radical (unpaired) electrons. The largest absolute Gasteiger partial charge is 0.469 e. The Labute approximate surface area is 131 Å². The quantitative estimate of drug-likeness (QED) is 0.783. The highest BCUT2D eigenvalue weighted by Crippen LogP contribution is 2.32. The minimum atomic E-state index is -0.306. The van der Waals surface area contributed by atoms with Gasteiger partial charge in [0.15, 0.2) is 5.78 Å². The third-order valence-corrected chi connectivity index (χ3v) is 4.22. The van der Waals surface area contributed by atoms with Gasteiger partial charge in [0.25, 0.3) is 0 Å². The van der Waals surface area contributed by atoms with Crippen molar-refractivity contribution in [1.29, 1.82) is 0 Å². The van der Waals surface area contributed by atoms with Crippen LogP contribution >= 0.6 is 0 Å². The number of fused-ring (bicyclic) bond motifs is 1. The maximum absolute atomic E-state index is 12.3. The number of aromatic nitrogens is 2. The lowest BCUT2D eigenvalue weighted by molar-refractivity contribution is -0.121. The summed E-state index contributed by atoms with van der Waals surface area (Å²) in [6.07, 6.45) is 4.19. The average molecular weight is 311 g/mol. The van der Waals surface area contributed by atoms with Gasteiger partial charge in [-0.15, -0.1) is 0 Å². The fraction of sp³-hybridized carbons (Fsp3) is 0.312. The van der Waals surface area contributed by atoms with Gasteiger partial charge in [0, 0.05) is 37.8 Å². The van der Waals surface area contributed by atoms with E-state index in [1.165, 1.54) is 6.20 Å². The molecular formula is C16H13N3O4. The molecule has 7 heteroatoms. The van der Waals surface area contributed by atoms with E-state index in [1.54, 1.807) is 12.3 Å². The predicted octanol–water partition coefficient (Wildman–Crippen LogP) is 1.64. The van der Waals surface area contributed by atoms with Gasteiger partial charge in [0.2, 0.25) is 17.8 Å². The summed E-state index contributed by atoms with van der Waals surface area (Å²) in [5.74, 6) is 0.0389. The summed E-state index contributed by atoms with van der Waals surface area (Å²) < 4.78 is 5.39. The summed E-state index contributed by atoms with van der Waals surface area (Å²) in [6.45, 7) is 0. The molecule has 1 aliphatic heterocycles. The van der Waals surface area contributed by atoms with Crippen LogP contribution in [-0.2, 0) is 16.0 Å². The summed E-state index contributed by atoms with van der Waals surface area (Å²) in [5, 5.41) is 0. The summed E-state index contributed by atoms with van der Waals surface area (Å²) in [4.78, 5) is 45.3. The Balaban J connectivity index is 1.71. The topological polar surface area (TPSA) is 93.4 Å². The molecule has 2 aromatic rings. The van der Waals surface area contributed by atoms with Crippen LogP contribution in [0, 0.1) is 0 Å². The van der Waals surface area contributed by atoms with E-state index >= 15 is 0 Å². The van der Waals surface area contributed by atoms with Crippen molar-refractivity contribution in [2.45, 2.75) is 31.6 Å². The summed E-state index contributed by atoms with van der Waals surface area (Å²) in [6, 6.07) is 3.61. The molecule has 0 N–H and O–H groups in total. The zero-order valence-corrected chi connectivity index (χ0v) is 12.2. The zero-order chi connectivity index (χ0) is 16.0. The molecular weight excluding hydrogens is 298 g/mol. The normalized spacial score (nSPS) is 21.0. The lowest BCUT2D eigenvalue weighted by atomic mass is 9.85. The maximum atomic E-state index is 12.3. The molecule has 0 spiro atoms. The van der Waals surface area contributed by atoms with Gasteiger partial charge in [0.05, 0.1) is 17.5 Å². The number of carbonyl (C=O) groups excluding carboxylic acids is 3. The Hall–Kier alpha value is -2.83. The van der Waals surface area contributed by atoms with Crippen LogP contribution in [0.4, 0.5) is 5.95 Å². The average Bonchev–Trinajstić information content (AvgIpc) is 3.17. The number of Topliss-reactive ketones (excluding diaryl/α,β-unsaturated/α-hetero) is 1. The van der Waals surface area contributed by atoms with Crippen molar-refractivity contribution in [2.75, 3.05) is 4.90 Å². The molecule has 4 rings (SSSR count). The molecule has 116 valence electrons. The molecule has 1 saturated heterocycles. The monoisotopic (exact) mass is 311 g/mol. The van der Waals surface area contributed by atoms with Crippen molar-refractivity contribution in [1.82, 2.24) is 9.97 Å². The molecule has 23 heavy (non-hydrogen) atoms. The van der Waals surface area contributed by atoms with E-state index in [9.17, 15) is 14.4 Å². The number of ketones is 1. The van der Waals surface area contributed by atoms with E-state index in [0.29, 0.717) is 24.1 Å². The predicted molar refractivity (Wildman–Crippen MR) is 77.9 cm³/mol. The number of nitrogens with zero attached hydrogens (tertiary/aromatic N) is 3. The number of imide groups is 1. The van der Waals surface area contributed by atoms with Gasteiger partial charge in [-0.25, -0.2) is 14.9 Å². The smallest absolute Gasteiger partial charge is 0.239 e. The first-order valence-electron chi connectivity index (χ1n) is 7.42. The lowest BCUT2D eigenvalue weighted by Gasteiger charge is -2.22. The van der Waals surface area contributed by atoms with Gasteiger partial charge >= 0.3 is 0 Å². The third kappa shape index (κ3) is 2.25. The van der Waals surface area contributed by atoms with Crippen molar-refractivity contribution >= 4 is 23.5 Å². The minimum Gasteiger partial charge on any atom is -0.469 e. The molecule has 1 unspecified atom stereocenters. The first-order chi connectivity index (χ1) is 11.1. The molecule has 2 aromatic heterocycles. The van der Waals surface area contributed by atoms with Crippen molar-refractivity contribution in [3.63, 3.8) is 0 Å². The molecule has 2 amide bonds. The van der Waals surface area contributed by atoms with Gasteiger partial charge in [-0.2, -0.15) is 0 Å². The summed E-state index contributed by atoms with van der Waals surface area (Å²) >= 11 is 0. The molecule has 1 aliphatic carbocycles. The van der Waals surface area contributed by atoms with Crippen LogP contribution < -0.4 is 4.90 Å². The van der Waals surface area contributed by atoms with E-state index in [1.807, 2.05) is 6.07 Å². The second-order valence-electron chi connectivity index (χ2n) is 5.70. The van der Waals surface area contributed by atoms with Crippen LogP contribution in [0.2, 0.25) is 0 Å². The first-order valence-corrected chi connectivity index (χ1v) is 7.42. The van der Waals surface area contributed by atoms with Crippen molar-refractivity contribution in [2.24, 2.45) is 0 Å². The van der Waals surface area contributed by atoms with Crippen molar-refractivity contribution in [3.05, 3.63) is 41.6 Å². The molecule has 0 aromatic carbocycles. The van der Waals surface area contributed by atoms with Crippen molar-refractivity contribution < 1.29 is 18.8 Å². The number of carbonyl (C=O) groups is 3. The minimum absolute atomic E-state index is 0.0572. The second-order valence-corrected chi connectivity index (χ2v) is 5.70. The van der Waals surface area contributed by atoms with E-state index in [-0.39, 0.29) is 42.3 Å². The van der Waals surface area contributed by atoms with E-state index in [2.05, 4.69) is 9.97 Å². The Bertz CT molecular complexity index is 797. The van der Waals surface area contributed by atoms with E-state index in [0.717, 1.165) is 10.7 Å². The molecule has 2 aliphatic rings. The second kappa shape index (κ2) is 5.12. The summed E-state index contributed by atoms with van der Waals surface area (Å²) in [5.41, 5.74) is 1.01. The fourth-order valence-electron chi connectivity index (χ4n) is 3.07. The number of furan rings is 1. The maximum Gasteiger partial charge on any atom is 0.239 e. The van der Waals surface area contributed by atoms with E-state index in [4.69, 9.17) is 4.42 Å². The lowest BCUT2D eigenvalue weighted by Crippen LogP contribution is -2.31. The van der Waals surface area contributed by atoms with Crippen LogP contribution in [0.3, 0.4) is 0 Å². The van der Waals surface area contributed by atoms with E-state index < -0.39 is 0 Å². The zero-order valence-electron chi connectivity index (χ0n) is 12.2. The highest BCUT2D eigenvalue weighted by atomic mass is 16.3. The summed E-state index contributed by atoms with van der Waals surface area (Å²) in [7, 11) is 0. The molecule has 0 saturated carbocycles. The Morgan fingerprint density at radius 1 is 1.13 bits per heavy atom. The number of rotatable bonds is 2. The van der Waals surface area contributed by atoms with Gasteiger partial charge in [0.1, 0.15) is 5.76 Å². The molecule has 3 heterocycles. The van der Waals surface area contributed by atoms with Gasteiger partial charge < -0.3 is 4.42 Å². The van der Waals surface area contributed by atoms with Crippen LogP contribution in [0.15, 0.2) is 29.0 Å². The molecule has 0 bridgehead atoms. The Morgan fingerprint density at radius 3 is 2.61 bits per heavy atom. The Kier molecular flexibility index (Phi) is 3.07. The standard InChI is InChI=1S/C16H13N3O4/c20-12-7-9(13-2-1-5-23-13)6-11-10(12)8-17-16(18-11)19-14(21)3-4-15(19)22/h1-2,5,8-9H,3-4,6-7H2. The highest BCUT2D eigenvalue weighted by Gasteiger charge is 2.35. The fourth-order valence-corrected chi connectivity index (χ4v) is 3.07. The Morgan fingerprint density at radius 2 is 1.91 bits per heavy atom. The SMILES string of the molecule is O=C1CC(c2ccco2)Cc2nc(N3C(=O)CCC3=O)ncc21. The number of hydrogen-bond donors (Lipinski definition) is 0. The molecule has 7 nitrogen and oxygen atoms in total. The van der Waals surface area contributed by atoms with Crippen LogP contribution in [0.5, 0.6) is 0 Å². The number of amides is 2. The molecule has 1 fully saturated rings. The van der Waals surface area contributed by atoms with Crippen LogP contribution in [0.1, 0.15) is 47.0 Å². The number of hydrogen-bond acceptors (Lipinski definition) is 6. The van der Waals surface area contributed by atoms with Gasteiger partial charge in [-0.1, -0.05) is 0 Å². The number of anilines is 1. The highest BCUT2D eigenvalue weighted by molar-refractivity contribution is 6.18.